The summed E-state index contributed by atoms with van der Waals surface area (Å²) in [5.74, 6) is 0.154. The molecule has 1 aromatic rings. The lowest BCUT2D eigenvalue weighted by Gasteiger charge is -2.40. The number of hydrogen-bond acceptors (Lipinski definition) is 3. The summed E-state index contributed by atoms with van der Waals surface area (Å²) < 4.78 is 0. The van der Waals surface area contributed by atoms with Crippen molar-refractivity contribution in [1.82, 2.24) is 14.9 Å². The Hall–Kier alpha value is -1.91. The molecule has 1 atom stereocenters. The van der Waals surface area contributed by atoms with Crippen molar-refractivity contribution in [3.63, 3.8) is 0 Å². The number of carbonyl (C=O) groups excluding carboxylic acids is 1. The molecule has 1 N–H and O–H groups in total. The van der Waals surface area contributed by atoms with Crippen LogP contribution in [0.5, 0.6) is 0 Å². The van der Waals surface area contributed by atoms with Gasteiger partial charge in [-0.3, -0.25) is 9.59 Å². The standard InChI is InChI=1S/C17H25N3O2/c1-13(2)5-4-7-17(3)8-6-16(22)20(11-17)10-14-9-15(21)19-12-18-14/h5,9,12H,4,6-8,10-11H2,1-3H3,(H,18,19,21). The Morgan fingerprint density at radius 3 is 2.91 bits per heavy atom. The second-order valence-electron chi connectivity index (χ2n) is 6.78. The van der Waals surface area contributed by atoms with Crippen LogP contribution in [-0.2, 0) is 11.3 Å². The Bertz CT molecular complexity index is 616. The Labute approximate surface area is 131 Å². The van der Waals surface area contributed by atoms with Gasteiger partial charge >= 0.3 is 0 Å². The van der Waals surface area contributed by atoms with Gasteiger partial charge in [0.1, 0.15) is 0 Å². The third-order valence-electron chi connectivity index (χ3n) is 4.26. The van der Waals surface area contributed by atoms with Crippen LogP contribution in [0.1, 0.15) is 52.1 Å². The second-order valence-corrected chi connectivity index (χ2v) is 6.78. The smallest absolute Gasteiger partial charge is 0.250 e. The highest BCUT2D eigenvalue weighted by Gasteiger charge is 2.34. The van der Waals surface area contributed by atoms with Gasteiger partial charge in [0.25, 0.3) is 5.56 Å². The molecule has 0 aliphatic carbocycles. The molecule has 1 aliphatic rings. The van der Waals surface area contributed by atoms with E-state index >= 15 is 0 Å². The van der Waals surface area contributed by atoms with Crippen LogP contribution < -0.4 is 5.56 Å². The molecule has 0 saturated carbocycles. The molecule has 1 fully saturated rings. The Kier molecular flexibility index (Phi) is 5.16. The van der Waals surface area contributed by atoms with Gasteiger partial charge in [0.2, 0.25) is 5.91 Å². The molecular weight excluding hydrogens is 278 g/mol. The molecule has 0 aromatic carbocycles. The van der Waals surface area contributed by atoms with Crippen molar-refractivity contribution in [2.45, 2.75) is 53.0 Å². The third-order valence-corrected chi connectivity index (χ3v) is 4.26. The Morgan fingerprint density at radius 2 is 2.23 bits per heavy atom. The molecule has 1 aliphatic heterocycles. The monoisotopic (exact) mass is 303 g/mol. The third kappa shape index (κ3) is 4.55. The Morgan fingerprint density at radius 1 is 1.45 bits per heavy atom. The minimum Gasteiger partial charge on any atom is -0.336 e. The topological polar surface area (TPSA) is 66.1 Å². The maximum Gasteiger partial charge on any atom is 0.250 e. The molecule has 5 nitrogen and oxygen atoms in total. The van der Waals surface area contributed by atoms with Gasteiger partial charge in [-0.25, -0.2) is 4.98 Å². The second kappa shape index (κ2) is 6.90. The number of carbonyl (C=O) groups is 1. The maximum absolute atomic E-state index is 12.2. The fourth-order valence-corrected chi connectivity index (χ4v) is 2.94. The number of aromatic amines is 1. The molecule has 0 bridgehead atoms. The molecule has 2 heterocycles. The zero-order valence-corrected chi connectivity index (χ0v) is 13.7. The van der Waals surface area contributed by atoms with Gasteiger partial charge in [0, 0.05) is 19.0 Å². The fourth-order valence-electron chi connectivity index (χ4n) is 2.94. The van der Waals surface area contributed by atoms with E-state index in [9.17, 15) is 9.59 Å². The normalized spacial score (nSPS) is 21.8. The lowest BCUT2D eigenvalue weighted by atomic mass is 9.77. The quantitative estimate of drug-likeness (QED) is 0.850. The van der Waals surface area contributed by atoms with E-state index in [0.29, 0.717) is 18.7 Å². The van der Waals surface area contributed by atoms with Crippen LogP contribution in [-0.4, -0.2) is 27.3 Å². The molecule has 2 rings (SSSR count). The number of likely N-dealkylation sites (tertiary alicyclic amines) is 1. The predicted molar refractivity (Wildman–Crippen MR) is 86.3 cm³/mol. The number of nitrogens with zero attached hydrogens (tertiary/aromatic N) is 2. The molecule has 22 heavy (non-hydrogen) atoms. The highest BCUT2D eigenvalue weighted by atomic mass is 16.2. The number of rotatable bonds is 5. The first-order valence-electron chi connectivity index (χ1n) is 7.83. The molecule has 0 spiro atoms. The average molecular weight is 303 g/mol. The van der Waals surface area contributed by atoms with Crippen molar-refractivity contribution in [1.29, 1.82) is 0 Å². The van der Waals surface area contributed by atoms with E-state index in [0.717, 1.165) is 25.8 Å². The molecule has 1 saturated heterocycles. The molecular formula is C17H25N3O2. The molecule has 1 unspecified atom stereocenters. The fraction of sp³-hybridized carbons (Fsp3) is 0.588. The number of allylic oxidation sites excluding steroid dienone is 2. The van der Waals surface area contributed by atoms with Crippen LogP contribution in [0.15, 0.2) is 28.8 Å². The van der Waals surface area contributed by atoms with Gasteiger partial charge < -0.3 is 9.88 Å². The first-order chi connectivity index (χ1) is 10.4. The average Bonchev–Trinajstić information content (AvgIpc) is 2.43. The summed E-state index contributed by atoms with van der Waals surface area (Å²) in [6.45, 7) is 7.61. The van der Waals surface area contributed by atoms with Crippen LogP contribution >= 0.6 is 0 Å². The van der Waals surface area contributed by atoms with Crippen molar-refractivity contribution >= 4 is 5.91 Å². The van der Waals surface area contributed by atoms with E-state index in [1.807, 2.05) is 4.90 Å². The summed E-state index contributed by atoms with van der Waals surface area (Å²) in [4.78, 5) is 32.0. The number of aromatic nitrogens is 2. The van der Waals surface area contributed by atoms with Gasteiger partial charge in [-0.05, 0) is 38.5 Å². The molecule has 0 radical (unpaired) electrons. The largest absolute Gasteiger partial charge is 0.336 e. The Balaban J connectivity index is 2.02. The molecule has 1 amide bonds. The minimum absolute atomic E-state index is 0.140. The highest BCUT2D eigenvalue weighted by molar-refractivity contribution is 5.77. The summed E-state index contributed by atoms with van der Waals surface area (Å²) in [6, 6.07) is 1.46. The van der Waals surface area contributed by atoms with Crippen LogP contribution in [0.25, 0.3) is 0 Å². The first kappa shape index (κ1) is 16.5. The molecule has 1 aromatic heterocycles. The number of hydrogen-bond donors (Lipinski definition) is 1. The van der Waals surface area contributed by atoms with Crippen molar-refractivity contribution in [2.75, 3.05) is 6.54 Å². The van der Waals surface area contributed by atoms with E-state index in [4.69, 9.17) is 0 Å². The zero-order chi connectivity index (χ0) is 16.2. The number of nitrogens with one attached hydrogen (secondary N) is 1. The zero-order valence-electron chi connectivity index (χ0n) is 13.7. The van der Waals surface area contributed by atoms with Gasteiger partial charge in [-0.15, -0.1) is 0 Å². The van der Waals surface area contributed by atoms with E-state index in [-0.39, 0.29) is 16.9 Å². The van der Waals surface area contributed by atoms with Crippen LogP contribution in [0.4, 0.5) is 0 Å². The number of piperidine rings is 1. The summed E-state index contributed by atoms with van der Waals surface area (Å²) in [7, 11) is 0. The van der Waals surface area contributed by atoms with Crippen molar-refractivity contribution in [3.05, 3.63) is 40.1 Å². The van der Waals surface area contributed by atoms with E-state index < -0.39 is 0 Å². The lowest BCUT2D eigenvalue weighted by Crippen LogP contribution is -2.44. The highest BCUT2D eigenvalue weighted by Crippen LogP contribution is 2.35. The summed E-state index contributed by atoms with van der Waals surface area (Å²) >= 11 is 0. The first-order valence-corrected chi connectivity index (χ1v) is 7.83. The van der Waals surface area contributed by atoms with E-state index in [2.05, 4.69) is 36.8 Å². The summed E-state index contributed by atoms with van der Waals surface area (Å²) in [6.07, 6.45) is 7.27. The lowest BCUT2D eigenvalue weighted by molar-refractivity contribution is -0.138. The predicted octanol–water partition coefficient (Wildman–Crippen LogP) is 2.65. The van der Waals surface area contributed by atoms with E-state index in [1.54, 1.807) is 0 Å². The van der Waals surface area contributed by atoms with Crippen molar-refractivity contribution in [3.8, 4) is 0 Å². The summed E-state index contributed by atoms with van der Waals surface area (Å²) in [5, 5.41) is 0. The summed E-state index contributed by atoms with van der Waals surface area (Å²) in [5.41, 5.74) is 1.94. The minimum atomic E-state index is -0.180. The van der Waals surface area contributed by atoms with Crippen LogP contribution in [0.2, 0.25) is 0 Å². The van der Waals surface area contributed by atoms with Crippen LogP contribution in [0, 0.1) is 5.41 Å². The van der Waals surface area contributed by atoms with Crippen molar-refractivity contribution in [2.24, 2.45) is 5.41 Å². The van der Waals surface area contributed by atoms with E-state index in [1.165, 1.54) is 18.0 Å². The number of H-pyrrole nitrogens is 1. The number of amides is 1. The van der Waals surface area contributed by atoms with Gasteiger partial charge in [0.15, 0.2) is 0 Å². The SMILES string of the molecule is CC(C)=CCCC1(C)CCC(=O)N(Cc2cc(=O)[nH]cn2)C1. The van der Waals surface area contributed by atoms with Crippen molar-refractivity contribution < 1.29 is 4.79 Å². The maximum atomic E-state index is 12.2. The molecule has 5 heteroatoms. The van der Waals surface area contributed by atoms with Gasteiger partial charge in [-0.1, -0.05) is 18.6 Å². The van der Waals surface area contributed by atoms with Crippen LogP contribution in [0.3, 0.4) is 0 Å². The molecule has 120 valence electrons. The van der Waals surface area contributed by atoms with Gasteiger partial charge in [-0.2, -0.15) is 0 Å². The van der Waals surface area contributed by atoms with Gasteiger partial charge in [0.05, 0.1) is 18.6 Å².